The van der Waals surface area contributed by atoms with E-state index in [2.05, 4.69) is 60.1 Å². The van der Waals surface area contributed by atoms with Gasteiger partial charge in [0.15, 0.2) is 11.8 Å². The second-order valence-electron chi connectivity index (χ2n) is 8.17. The maximum Gasteiger partial charge on any atom is 0.232 e. The molecule has 1 aromatic rings. The number of nitrogens with zero attached hydrogens (tertiary/aromatic N) is 4. The van der Waals surface area contributed by atoms with Crippen LogP contribution in [0.15, 0.2) is 9.52 Å². The highest BCUT2D eigenvalue weighted by Gasteiger charge is 2.23. The van der Waals surface area contributed by atoms with E-state index in [1.54, 1.807) is 0 Å². The molecule has 0 bridgehead atoms. The first-order chi connectivity index (χ1) is 11.3. The molecule has 1 aromatic heterocycles. The third-order valence-corrected chi connectivity index (χ3v) is 4.76. The summed E-state index contributed by atoms with van der Waals surface area (Å²) >= 11 is 0. The van der Waals surface area contributed by atoms with Crippen LogP contribution in [0, 0.1) is 11.8 Å². The molecule has 1 fully saturated rings. The lowest BCUT2D eigenvalue weighted by Crippen LogP contribution is -2.41. The Bertz CT molecular complexity index is 544. The monoisotopic (exact) mass is 463 g/mol. The minimum Gasteiger partial charge on any atom is -0.349 e. The van der Waals surface area contributed by atoms with Crippen LogP contribution >= 0.6 is 24.0 Å². The summed E-state index contributed by atoms with van der Waals surface area (Å²) in [7, 11) is 3.92. The summed E-state index contributed by atoms with van der Waals surface area (Å²) in [5, 5.41) is 7.39. The van der Waals surface area contributed by atoms with Gasteiger partial charge in [-0.25, -0.2) is 0 Å². The molecular weight excluding hydrogens is 429 g/mol. The highest BCUT2D eigenvalue weighted by molar-refractivity contribution is 14.0. The van der Waals surface area contributed by atoms with Crippen LogP contribution in [0.4, 0.5) is 0 Å². The van der Waals surface area contributed by atoms with E-state index in [0.717, 1.165) is 24.3 Å². The molecule has 0 amide bonds. The van der Waals surface area contributed by atoms with Crippen LogP contribution in [-0.2, 0) is 12.0 Å². The first kappa shape index (κ1) is 22.2. The van der Waals surface area contributed by atoms with Crippen molar-refractivity contribution in [1.82, 2.24) is 20.4 Å². The Balaban J connectivity index is 0.00000312. The zero-order chi connectivity index (χ0) is 17.7. The molecule has 1 heterocycles. The predicted molar refractivity (Wildman–Crippen MR) is 112 cm³/mol. The van der Waals surface area contributed by atoms with Gasteiger partial charge in [-0.05, 0) is 24.7 Å². The molecule has 7 heteroatoms. The SMILES string of the molecule is CN=C(NCc1noc(C(C)(C)C)n1)N(C)CC1CCC(C)CC1.I. The van der Waals surface area contributed by atoms with Crippen molar-refractivity contribution in [2.24, 2.45) is 16.8 Å². The van der Waals surface area contributed by atoms with E-state index in [1.807, 2.05) is 7.05 Å². The first-order valence-electron chi connectivity index (χ1n) is 9.04. The fourth-order valence-electron chi connectivity index (χ4n) is 3.16. The van der Waals surface area contributed by atoms with Crippen LogP contribution in [0.3, 0.4) is 0 Å². The third-order valence-electron chi connectivity index (χ3n) is 4.76. The molecule has 0 saturated heterocycles. The van der Waals surface area contributed by atoms with Crippen molar-refractivity contribution in [3.8, 4) is 0 Å². The van der Waals surface area contributed by atoms with Crippen molar-refractivity contribution in [3.05, 3.63) is 11.7 Å². The largest absolute Gasteiger partial charge is 0.349 e. The summed E-state index contributed by atoms with van der Waals surface area (Å²) in [4.78, 5) is 11.1. The van der Waals surface area contributed by atoms with E-state index in [9.17, 15) is 0 Å². The van der Waals surface area contributed by atoms with Gasteiger partial charge in [0.2, 0.25) is 5.89 Å². The average Bonchev–Trinajstić information content (AvgIpc) is 2.99. The number of aromatic nitrogens is 2. The Morgan fingerprint density at radius 2 is 1.92 bits per heavy atom. The number of guanidine groups is 1. The van der Waals surface area contributed by atoms with Gasteiger partial charge in [0.1, 0.15) is 0 Å². The standard InChI is InChI=1S/C18H33N5O.HI/c1-13-7-9-14(10-8-13)12-23(6)17(19-5)20-11-15-21-16(24-22-15)18(2,3)4;/h13-14H,7-12H2,1-6H3,(H,19,20);1H. The number of rotatable bonds is 4. The van der Waals surface area contributed by atoms with E-state index in [1.165, 1.54) is 25.7 Å². The van der Waals surface area contributed by atoms with Crippen LogP contribution in [0.2, 0.25) is 0 Å². The van der Waals surface area contributed by atoms with Crippen LogP contribution in [0.1, 0.15) is 65.1 Å². The van der Waals surface area contributed by atoms with E-state index < -0.39 is 0 Å². The molecule has 2 rings (SSSR count). The highest BCUT2D eigenvalue weighted by atomic mass is 127. The smallest absolute Gasteiger partial charge is 0.232 e. The van der Waals surface area contributed by atoms with Crippen molar-refractivity contribution in [2.75, 3.05) is 20.6 Å². The normalized spacial score (nSPS) is 21.6. The Morgan fingerprint density at radius 1 is 1.28 bits per heavy atom. The van der Waals surface area contributed by atoms with Crippen LogP contribution in [0.5, 0.6) is 0 Å². The second kappa shape index (κ2) is 9.73. The van der Waals surface area contributed by atoms with Gasteiger partial charge in [-0.15, -0.1) is 24.0 Å². The molecule has 1 N–H and O–H groups in total. The number of hydrogen-bond donors (Lipinski definition) is 1. The minimum atomic E-state index is -0.123. The maximum absolute atomic E-state index is 5.33. The molecule has 25 heavy (non-hydrogen) atoms. The molecule has 6 nitrogen and oxygen atoms in total. The molecule has 0 aromatic carbocycles. The number of halogens is 1. The quantitative estimate of drug-likeness (QED) is 0.418. The summed E-state index contributed by atoms with van der Waals surface area (Å²) in [6.45, 7) is 10.1. The molecule has 144 valence electrons. The zero-order valence-corrected chi connectivity index (χ0v) is 18.8. The molecular formula is C18H34IN5O. The molecule has 0 unspecified atom stereocenters. The lowest BCUT2D eigenvalue weighted by Gasteiger charge is -2.31. The lowest BCUT2D eigenvalue weighted by atomic mass is 9.83. The Labute approximate surface area is 169 Å². The van der Waals surface area contributed by atoms with Crippen molar-refractivity contribution in [1.29, 1.82) is 0 Å². The molecule has 0 atom stereocenters. The van der Waals surface area contributed by atoms with E-state index >= 15 is 0 Å². The van der Waals surface area contributed by atoms with Crippen molar-refractivity contribution < 1.29 is 4.52 Å². The van der Waals surface area contributed by atoms with Gasteiger partial charge in [-0.2, -0.15) is 4.98 Å². The summed E-state index contributed by atoms with van der Waals surface area (Å²) in [6.07, 6.45) is 5.34. The van der Waals surface area contributed by atoms with E-state index in [4.69, 9.17) is 4.52 Å². The second-order valence-corrected chi connectivity index (χ2v) is 8.17. The number of nitrogens with one attached hydrogen (secondary N) is 1. The van der Waals surface area contributed by atoms with Gasteiger partial charge in [0, 0.05) is 26.1 Å². The first-order valence-corrected chi connectivity index (χ1v) is 9.04. The summed E-state index contributed by atoms with van der Waals surface area (Å²) < 4.78 is 5.33. The van der Waals surface area contributed by atoms with Crippen LogP contribution < -0.4 is 5.32 Å². The molecule has 0 spiro atoms. The molecule has 1 saturated carbocycles. The number of hydrogen-bond acceptors (Lipinski definition) is 4. The van der Waals surface area contributed by atoms with Crippen molar-refractivity contribution >= 4 is 29.9 Å². The van der Waals surface area contributed by atoms with Crippen LogP contribution in [0.25, 0.3) is 0 Å². The van der Waals surface area contributed by atoms with Gasteiger partial charge in [0.25, 0.3) is 0 Å². The van der Waals surface area contributed by atoms with Gasteiger partial charge < -0.3 is 14.7 Å². The number of aliphatic imine (C=N–C) groups is 1. The Hall–Kier alpha value is -0.860. The van der Waals surface area contributed by atoms with E-state index in [-0.39, 0.29) is 29.4 Å². The van der Waals surface area contributed by atoms with Crippen LogP contribution in [-0.4, -0.2) is 41.6 Å². The minimum absolute atomic E-state index is 0. The summed E-state index contributed by atoms with van der Waals surface area (Å²) in [5.74, 6) is 3.87. The fourth-order valence-corrected chi connectivity index (χ4v) is 3.16. The zero-order valence-electron chi connectivity index (χ0n) is 16.5. The van der Waals surface area contributed by atoms with Gasteiger partial charge in [-0.3, -0.25) is 4.99 Å². The predicted octanol–water partition coefficient (Wildman–Crippen LogP) is 3.82. The highest BCUT2D eigenvalue weighted by Crippen LogP contribution is 2.28. The van der Waals surface area contributed by atoms with E-state index in [0.29, 0.717) is 18.3 Å². The molecule has 1 aliphatic rings. The van der Waals surface area contributed by atoms with Gasteiger partial charge in [-0.1, -0.05) is 45.7 Å². The summed E-state index contributed by atoms with van der Waals surface area (Å²) in [6, 6.07) is 0. The topological polar surface area (TPSA) is 66.5 Å². The average molecular weight is 463 g/mol. The van der Waals surface area contributed by atoms with Crippen molar-refractivity contribution in [3.63, 3.8) is 0 Å². The van der Waals surface area contributed by atoms with Gasteiger partial charge in [0.05, 0.1) is 6.54 Å². The molecule has 1 aliphatic carbocycles. The maximum atomic E-state index is 5.33. The fraction of sp³-hybridized carbons (Fsp3) is 0.833. The third kappa shape index (κ3) is 6.75. The molecule has 0 aliphatic heterocycles. The van der Waals surface area contributed by atoms with Crippen molar-refractivity contribution in [2.45, 2.75) is 65.3 Å². The van der Waals surface area contributed by atoms with Gasteiger partial charge >= 0.3 is 0 Å². The Morgan fingerprint density at radius 3 is 2.44 bits per heavy atom. The lowest BCUT2D eigenvalue weighted by molar-refractivity contribution is 0.250. The molecule has 0 radical (unpaired) electrons. The summed E-state index contributed by atoms with van der Waals surface area (Å²) in [5.41, 5.74) is -0.123. The Kier molecular flexibility index (Phi) is 8.63.